The predicted octanol–water partition coefficient (Wildman–Crippen LogP) is 5.81. The van der Waals surface area contributed by atoms with Crippen LogP contribution in [-0.4, -0.2) is 21.9 Å². The Morgan fingerprint density at radius 1 is 0.893 bits per heavy atom. The van der Waals surface area contributed by atoms with Gasteiger partial charge in [0.25, 0.3) is 0 Å². The molecule has 4 aromatic rings. The monoisotopic (exact) mass is 407 g/mol. The van der Waals surface area contributed by atoms with Gasteiger partial charge in [-0.2, -0.15) is 0 Å². The Bertz CT molecular complexity index is 1050. The number of aromatic nitrogens is 3. The molecule has 0 saturated carbocycles. The van der Waals surface area contributed by atoms with Crippen LogP contribution in [0.1, 0.15) is 16.4 Å². The van der Waals surface area contributed by atoms with Crippen molar-refractivity contribution in [2.45, 2.75) is 10.4 Å². The molecule has 1 aromatic heterocycles. The lowest BCUT2D eigenvalue weighted by molar-refractivity contribution is 0.412. The lowest BCUT2D eigenvalue weighted by Crippen LogP contribution is -2.02. The van der Waals surface area contributed by atoms with E-state index in [2.05, 4.69) is 34.5 Å². The number of rotatable bonds is 6. The molecule has 3 aromatic carbocycles. The van der Waals surface area contributed by atoms with Crippen molar-refractivity contribution in [3.63, 3.8) is 0 Å². The summed E-state index contributed by atoms with van der Waals surface area (Å²) in [4.78, 5) is 0. The number of hydrogen-bond acceptors (Lipinski definition) is 4. The second-order valence-electron chi connectivity index (χ2n) is 6.12. The average Bonchev–Trinajstić information content (AvgIpc) is 3.21. The first-order chi connectivity index (χ1) is 13.8. The Kier molecular flexibility index (Phi) is 5.65. The number of halogens is 1. The maximum atomic E-state index is 6.10. The molecule has 0 bridgehead atoms. The van der Waals surface area contributed by atoms with Crippen LogP contribution in [0.25, 0.3) is 5.69 Å². The minimum Gasteiger partial charge on any atom is -0.495 e. The summed E-state index contributed by atoms with van der Waals surface area (Å²) in [5.41, 5.74) is 3.24. The Morgan fingerprint density at radius 2 is 1.57 bits per heavy atom. The van der Waals surface area contributed by atoms with E-state index < -0.39 is 0 Å². The number of ether oxygens (including phenoxy) is 1. The van der Waals surface area contributed by atoms with Crippen molar-refractivity contribution in [3.05, 3.63) is 101 Å². The summed E-state index contributed by atoms with van der Waals surface area (Å²) >= 11 is 7.74. The fourth-order valence-electron chi connectivity index (χ4n) is 3.00. The molecule has 0 unspecified atom stereocenters. The first kappa shape index (κ1) is 18.6. The van der Waals surface area contributed by atoms with Crippen LogP contribution in [-0.2, 0) is 0 Å². The first-order valence-corrected chi connectivity index (χ1v) is 10.0. The van der Waals surface area contributed by atoms with E-state index in [4.69, 9.17) is 16.3 Å². The minimum atomic E-state index is 0.0520. The summed E-state index contributed by atoms with van der Waals surface area (Å²) in [5, 5.41) is 10.1. The van der Waals surface area contributed by atoms with Gasteiger partial charge in [-0.15, -0.1) is 10.2 Å². The molecule has 0 radical (unpaired) electrons. The maximum absolute atomic E-state index is 6.10. The van der Waals surface area contributed by atoms with Crippen LogP contribution in [0, 0.1) is 0 Å². The van der Waals surface area contributed by atoms with E-state index in [9.17, 15) is 0 Å². The molecule has 140 valence electrons. The van der Waals surface area contributed by atoms with Crippen molar-refractivity contribution in [2.24, 2.45) is 0 Å². The largest absolute Gasteiger partial charge is 0.495 e. The standard InChI is InChI=1S/C22H18ClN3OS/c1-27-20-10-6-5-9-19(20)26-15-24-25-22(26)28-21(16-7-3-2-4-8-16)17-11-13-18(23)14-12-17/h2-15,21H,1H3/t21-/m1/s1. The summed E-state index contributed by atoms with van der Waals surface area (Å²) in [6, 6.07) is 26.1. The molecule has 0 N–H and O–H groups in total. The zero-order chi connectivity index (χ0) is 19.3. The van der Waals surface area contributed by atoms with Crippen LogP contribution in [0.5, 0.6) is 5.75 Å². The van der Waals surface area contributed by atoms with Gasteiger partial charge in [-0.3, -0.25) is 4.57 Å². The molecule has 4 rings (SSSR count). The summed E-state index contributed by atoms with van der Waals surface area (Å²) in [7, 11) is 1.66. The normalized spacial score (nSPS) is 11.9. The van der Waals surface area contributed by atoms with Crippen LogP contribution in [0.2, 0.25) is 5.02 Å². The van der Waals surface area contributed by atoms with E-state index in [-0.39, 0.29) is 5.25 Å². The quantitative estimate of drug-likeness (QED) is 0.378. The highest BCUT2D eigenvalue weighted by molar-refractivity contribution is 7.99. The van der Waals surface area contributed by atoms with E-state index in [1.54, 1.807) is 25.2 Å². The topological polar surface area (TPSA) is 39.9 Å². The molecule has 1 heterocycles. The Balaban J connectivity index is 1.75. The van der Waals surface area contributed by atoms with Gasteiger partial charge in [-0.25, -0.2) is 0 Å². The molecular formula is C22H18ClN3OS. The number of benzene rings is 3. The maximum Gasteiger partial charge on any atom is 0.196 e. The molecule has 4 nitrogen and oxygen atoms in total. The van der Waals surface area contributed by atoms with Crippen molar-refractivity contribution in [2.75, 3.05) is 7.11 Å². The molecule has 0 amide bonds. The van der Waals surface area contributed by atoms with Crippen molar-refractivity contribution in [1.29, 1.82) is 0 Å². The molecule has 6 heteroatoms. The van der Waals surface area contributed by atoms with Crippen molar-refractivity contribution < 1.29 is 4.74 Å². The van der Waals surface area contributed by atoms with E-state index in [1.165, 1.54) is 5.56 Å². The third kappa shape index (κ3) is 3.91. The fraction of sp³-hybridized carbons (Fsp3) is 0.0909. The molecule has 0 fully saturated rings. The van der Waals surface area contributed by atoms with E-state index in [0.717, 1.165) is 27.2 Å². The molecular weight excluding hydrogens is 390 g/mol. The van der Waals surface area contributed by atoms with Gasteiger partial charge >= 0.3 is 0 Å². The summed E-state index contributed by atoms with van der Waals surface area (Å²) < 4.78 is 7.46. The van der Waals surface area contributed by atoms with Crippen LogP contribution in [0.4, 0.5) is 0 Å². The lowest BCUT2D eigenvalue weighted by atomic mass is 10.0. The fourth-order valence-corrected chi connectivity index (χ4v) is 4.27. The van der Waals surface area contributed by atoms with Gasteiger partial charge in [-0.05, 0) is 35.4 Å². The van der Waals surface area contributed by atoms with E-state index >= 15 is 0 Å². The lowest BCUT2D eigenvalue weighted by Gasteiger charge is -2.18. The molecule has 28 heavy (non-hydrogen) atoms. The summed E-state index contributed by atoms with van der Waals surface area (Å²) in [6.45, 7) is 0. The van der Waals surface area contributed by atoms with Gasteiger partial charge in [0.15, 0.2) is 5.16 Å². The van der Waals surface area contributed by atoms with Crippen molar-refractivity contribution in [3.8, 4) is 11.4 Å². The molecule has 0 aliphatic heterocycles. The van der Waals surface area contributed by atoms with Gasteiger partial charge in [0, 0.05) is 5.02 Å². The Hall–Kier alpha value is -2.76. The SMILES string of the molecule is COc1ccccc1-n1cnnc1S[C@H](c1ccccc1)c1ccc(Cl)cc1. The molecule has 0 spiro atoms. The smallest absolute Gasteiger partial charge is 0.196 e. The van der Waals surface area contributed by atoms with E-state index in [0.29, 0.717) is 0 Å². The minimum absolute atomic E-state index is 0.0520. The second kappa shape index (κ2) is 8.50. The number of para-hydroxylation sites is 2. The zero-order valence-corrected chi connectivity index (χ0v) is 16.8. The second-order valence-corrected chi connectivity index (χ2v) is 7.62. The van der Waals surface area contributed by atoms with Gasteiger partial charge in [-0.1, -0.05) is 78.0 Å². The third-order valence-corrected chi connectivity index (χ3v) is 5.88. The predicted molar refractivity (Wildman–Crippen MR) is 114 cm³/mol. The highest BCUT2D eigenvalue weighted by Gasteiger charge is 2.20. The van der Waals surface area contributed by atoms with Gasteiger partial charge < -0.3 is 4.74 Å². The number of methoxy groups -OCH3 is 1. The zero-order valence-electron chi connectivity index (χ0n) is 15.2. The van der Waals surface area contributed by atoms with Crippen LogP contribution in [0.15, 0.2) is 90.3 Å². The van der Waals surface area contributed by atoms with E-state index in [1.807, 2.05) is 59.2 Å². The number of nitrogens with zero attached hydrogens (tertiary/aromatic N) is 3. The van der Waals surface area contributed by atoms with Gasteiger partial charge in [0.1, 0.15) is 12.1 Å². The summed E-state index contributed by atoms with van der Waals surface area (Å²) in [6.07, 6.45) is 1.71. The van der Waals surface area contributed by atoms with Crippen LogP contribution in [0.3, 0.4) is 0 Å². The number of thioether (sulfide) groups is 1. The summed E-state index contributed by atoms with van der Waals surface area (Å²) in [5.74, 6) is 0.770. The Morgan fingerprint density at radius 3 is 2.32 bits per heavy atom. The third-order valence-electron chi connectivity index (χ3n) is 4.36. The highest BCUT2D eigenvalue weighted by atomic mass is 35.5. The highest BCUT2D eigenvalue weighted by Crippen LogP contribution is 2.41. The molecule has 0 aliphatic rings. The Labute approximate surface area is 173 Å². The first-order valence-electron chi connectivity index (χ1n) is 8.77. The number of hydrogen-bond donors (Lipinski definition) is 0. The molecule has 0 saturated heterocycles. The van der Waals surface area contributed by atoms with Crippen molar-refractivity contribution in [1.82, 2.24) is 14.8 Å². The van der Waals surface area contributed by atoms with Crippen LogP contribution >= 0.6 is 23.4 Å². The van der Waals surface area contributed by atoms with Crippen molar-refractivity contribution >= 4 is 23.4 Å². The molecule has 1 atom stereocenters. The van der Waals surface area contributed by atoms with Gasteiger partial charge in [0.2, 0.25) is 0 Å². The molecule has 0 aliphatic carbocycles. The van der Waals surface area contributed by atoms with Gasteiger partial charge in [0.05, 0.1) is 18.0 Å². The van der Waals surface area contributed by atoms with Crippen LogP contribution < -0.4 is 4.74 Å². The average molecular weight is 408 g/mol.